The minimum Gasteiger partial charge on any atom is -0.490 e. The number of nitrogens with one attached hydrogen (secondary N) is 1. The minimum atomic E-state index is -4.15. The van der Waals surface area contributed by atoms with Gasteiger partial charge in [0, 0.05) is 39.0 Å². The monoisotopic (exact) mass is 400 g/mol. The molecule has 0 bridgehead atoms. The smallest absolute Gasteiger partial charge is 0.401 e. The van der Waals surface area contributed by atoms with E-state index in [9.17, 15) is 13.2 Å². The van der Waals surface area contributed by atoms with Gasteiger partial charge in [-0.05, 0) is 39.1 Å². The molecule has 0 atom stereocenters. The zero-order valence-electron chi connectivity index (χ0n) is 16.7. The summed E-state index contributed by atoms with van der Waals surface area (Å²) >= 11 is 0. The van der Waals surface area contributed by atoms with Gasteiger partial charge in [-0.25, -0.2) is 0 Å². The second-order valence-corrected chi connectivity index (χ2v) is 7.06. The van der Waals surface area contributed by atoms with Crippen LogP contribution >= 0.6 is 0 Å². The van der Waals surface area contributed by atoms with Gasteiger partial charge >= 0.3 is 6.18 Å². The fraction of sp³-hybridized carbons (Fsp3) is 0.650. The molecule has 0 radical (unpaired) electrons. The highest BCUT2D eigenvalue weighted by atomic mass is 19.4. The van der Waals surface area contributed by atoms with Crippen LogP contribution in [0.25, 0.3) is 0 Å². The van der Waals surface area contributed by atoms with Gasteiger partial charge in [-0.3, -0.25) is 9.89 Å². The van der Waals surface area contributed by atoms with Gasteiger partial charge in [0.2, 0.25) is 0 Å². The van der Waals surface area contributed by atoms with Crippen molar-refractivity contribution in [2.24, 2.45) is 4.99 Å². The van der Waals surface area contributed by atoms with Crippen LogP contribution in [0.4, 0.5) is 13.2 Å². The molecule has 1 aliphatic heterocycles. The van der Waals surface area contributed by atoms with Crippen LogP contribution in [-0.4, -0.2) is 74.4 Å². The van der Waals surface area contributed by atoms with Crippen molar-refractivity contribution in [2.45, 2.75) is 38.5 Å². The SMILES string of the molecule is CCNC(=NCCCN(C)CC(F)(F)F)N1CCC(Oc2ccccc2)CC1. The number of alkyl halides is 3. The summed E-state index contributed by atoms with van der Waals surface area (Å²) in [5, 5.41) is 3.28. The summed E-state index contributed by atoms with van der Waals surface area (Å²) < 4.78 is 43.1. The largest absolute Gasteiger partial charge is 0.490 e. The number of halogens is 3. The van der Waals surface area contributed by atoms with Gasteiger partial charge in [-0.2, -0.15) is 13.2 Å². The van der Waals surface area contributed by atoms with Crippen molar-refractivity contribution in [1.82, 2.24) is 15.1 Å². The molecule has 0 unspecified atom stereocenters. The third-order valence-electron chi connectivity index (χ3n) is 4.53. The van der Waals surface area contributed by atoms with Gasteiger partial charge in [0.15, 0.2) is 5.96 Å². The zero-order valence-corrected chi connectivity index (χ0v) is 16.7. The van der Waals surface area contributed by atoms with E-state index in [1.54, 1.807) is 0 Å². The van der Waals surface area contributed by atoms with Gasteiger partial charge in [0.1, 0.15) is 11.9 Å². The van der Waals surface area contributed by atoms with E-state index in [0.717, 1.165) is 44.2 Å². The summed E-state index contributed by atoms with van der Waals surface area (Å²) in [6.07, 6.45) is -1.55. The molecule has 1 aliphatic rings. The molecule has 0 aromatic heterocycles. The van der Waals surface area contributed by atoms with E-state index in [1.807, 2.05) is 37.3 Å². The summed E-state index contributed by atoms with van der Waals surface area (Å²) in [7, 11) is 1.49. The van der Waals surface area contributed by atoms with Crippen LogP contribution in [-0.2, 0) is 0 Å². The van der Waals surface area contributed by atoms with Crippen molar-refractivity contribution in [3.63, 3.8) is 0 Å². The predicted molar refractivity (Wildman–Crippen MR) is 106 cm³/mol. The normalized spacial score (nSPS) is 16.5. The maximum atomic E-state index is 12.4. The molecule has 8 heteroatoms. The van der Waals surface area contributed by atoms with Gasteiger partial charge in [-0.15, -0.1) is 0 Å². The van der Waals surface area contributed by atoms with Crippen LogP contribution in [0.1, 0.15) is 26.2 Å². The molecule has 0 spiro atoms. The van der Waals surface area contributed by atoms with Crippen LogP contribution in [0.5, 0.6) is 5.75 Å². The van der Waals surface area contributed by atoms with Crippen molar-refractivity contribution in [2.75, 3.05) is 46.3 Å². The Morgan fingerprint density at radius 1 is 1.25 bits per heavy atom. The molecule has 0 saturated carbocycles. The molecule has 1 saturated heterocycles. The van der Waals surface area contributed by atoms with Crippen molar-refractivity contribution < 1.29 is 17.9 Å². The lowest BCUT2D eigenvalue weighted by molar-refractivity contribution is -0.143. The average molecular weight is 400 g/mol. The highest BCUT2D eigenvalue weighted by Crippen LogP contribution is 2.19. The maximum Gasteiger partial charge on any atom is 0.401 e. The number of nitrogens with zero attached hydrogens (tertiary/aromatic N) is 3. The molecule has 0 amide bonds. The molecule has 2 rings (SSSR count). The molecular formula is C20H31F3N4O. The van der Waals surface area contributed by atoms with Crippen molar-refractivity contribution in [3.8, 4) is 5.75 Å². The standard InChI is InChI=1S/C20H31F3N4O/c1-3-24-19(25-12-7-13-26(2)16-20(21,22)23)27-14-10-18(11-15-27)28-17-8-5-4-6-9-17/h4-6,8-9,18H,3,7,10-16H2,1-2H3,(H,24,25). The summed E-state index contributed by atoms with van der Waals surface area (Å²) in [5.74, 6) is 1.73. The van der Waals surface area contributed by atoms with E-state index in [0.29, 0.717) is 19.5 Å². The first-order valence-corrected chi connectivity index (χ1v) is 9.87. The first-order chi connectivity index (χ1) is 13.4. The van der Waals surface area contributed by atoms with Crippen LogP contribution in [0, 0.1) is 0 Å². The second-order valence-electron chi connectivity index (χ2n) is 7.06. The van der Waals surface area contributed by atoms with E-state index in [2.05, 4.69) is 15.2 Å². The van der Waals surface area contributed by atoms with Crippen LogP contribution < -0.4 is 10.1 Å². The molecule has 1 fully saturated rings. The van der Waals surface area contributed by atoms with Crippen molar-refractivity contribution >= 4 is 5.96 Å². The van der Waals surface area contributed by atoms with Gasteiger partial charge < -0.3 is 15.0 Å². The summed E-state index contributed by atoms with van der Waals surface area (Å²) in [6.45, 7) is 4.45. The second kappa shape index (κ2) is 11.1. The number of ether oxygens (including phenoxy) is 1. The number of para-hydroxylation sites is 1. The van der Waals surface area contributed by atoms with Crippen LogP contribution in [0.15, 0.2) is 35.3 Å². The van der Waals surface area contributed by atoms with Crippen LogP contribution in [0.3, 0.4) is 0 Å². The fourth-order valence-corrected chi connectivity index (χ4v) is 3.21. The van der Waals surface area contributed by atoms with Crippen molar-refractivity contribution in [1.29, 1.82) is 0 Å². The topological polar surface area (TPSA) is 40.1 Å². The van der Waals surface area contributed by atoms with E-state index in [-0.39, 0.29) is 6.10 Å². The van der Waals surface area contributed by atoms with Gasteiger partial charge in [-0.1, -0.05) is 18.2 Å². The predicted octanol–water partition coefficient (Wildman–Crippen LogP) is 3.38. The molecule has 1 aromatic carbocycles. The number of rotatable bonds is 8. The summed E-state index contributed by atoms with van der Waals surface area (Å²) in [5.41, 5.74) is 0. The summed E-state index contributed by atoms with van der Waals surface area (Å²) in [6, 6.07) is 9.83. The Labute approximate surface area is 165 Å². The quantitative estimate of drug-likeness (QED) is 0.413. The van der Waals surface area contributed by atoms with E-state index in [1.165, 1.54) is 11.9 Å². The Hall–Kier alpha value is -1.96. The molecule has 1 N–H and O–H groups in total. The number of guanidine groups is 1. The van der Waals surface area contributed by atoms with E-state index < -0.39 is 12.7 Å². The third-order valence-corrected chi connectivity index (χ3v) is 4.53. The van der Waals surface area contributed by atoms with Crippen molar-refractivity contribution in [3.05, 3.63) is 30.3 Å². The molecular weight excluding hydrogens is 369 g/mol. The molecule has 158 valence electrons. The van der Waals surface area contributed by atoms with Gasteiger partial charge in [0.05, 0.1) is 6.54 Å². The number of hydrogen-bond acceptors (Lipinski definition) is 3. The molecule has 1 aromatic rings. The minimum absolute atomic E-state index is 0.192. The highest BCUT2D eigenvalue weighted by Gasteiger charge is 2.28. The van der Waals surface area contributed by atoms with E-state index in [4.69, 9.17) is 4.74 Å². The Morgan fingerprint density at radius 3 is 2.54 bits per heavy atom. The number of hydrogen-bond donors (Lipinski definition) is 1. The number of likely N-dealkylation sites (tertiary alicyclic amines) is 1. The molecule has 1 heterocycles. The highest BCUT2D eigenvalue weighted by molar-refractivity contribution is 5.80. The molecule has 5 nitrogen and oxygen atoms in total. The van der Waals surface area contributed by atoms with Gasteiger partial charge in [0.25, 0.3) is 0 Å². The Kier molecular flexibility index (Phi) is 8.89. The number of piperidine rings is 1. The Bertz CT molecular complexity index is 587. The van der Waals surface area contributed by atoms with E-state index >= 15 is 0 Å². The lowest BCUT2D eigenvalue weighted by Gasteiger charge is -2.34. The zero-order chi connectivity index (χ0) is 20.4. The number of aliphatic imine (C=N–C) groups is 1. The first kappa shape index (κ1) is 22.3. The lowest BCUT2D eigenvalue weighted by atomic mass is 10.1. The first-order valence-electron chi connectivity index (χ1n) is 9.87. The Morgan fingerprint density at radius 2 is 1.93 bits per heavy atom. The maximum absolute atomic E-state index is 12.4. The third kappa shape index (κ3) is 8.37. The fourth-order valence-electron chi connectivity index (χ4n) is 3.21. The lowest BCUT2D eigenvalue weighted by Crippen LogP contribution is -2.47. The van der Waals surface area contributed by atoms with Crippen LogP contribution in [0.2, 0.25) is 0 Å². The summed E-state index contributed by atoms with van der Waals surface area (Å²) in [4.78, 5) is 8.09. The molecule has 28 heavy (non-hydrogen) atoms. The average Bonchev–Trinajstić information content (AvgIpc) is 2.64. The number of benzene rings is 1. The Balaban J connectivity index is 1.76. The molecule has 0 aliphatic carbocycles.